The van der Waals surface area contributed by atoms with Crippen LogP contribution in [-0.2, 0) is 21.2 Å². The molecule has 30 heavy (non-hydrogen) atoms. The van der Waals surface area contributed by atoms with E-state index in [1.165, 1.54) is 0 Å². The van der Waals surface area contributed by atoms with Crippen LogP contribution >= 0.6 is 0 Å². The van der Waals surface area contributed by atoms with Crippen LogP contribution in [0, 0.1) is 11.6 Å². The summed E-state index contributed by atoms with van der Waals surface area (Å²) in [5.74, 6) is -2.83. The van der Waals surface area contributed by atoms with Crippen molar-refractivity contribution in [3.63, 3.8) is 0 Å². The Labute approximate surface area is 170 Å². The lowest BCUT2D eigenvalue weighted by Gasteiger charge is -2.15. The minimum atomic E-state index is -4.35. The molecule has 0 bridgehead atoms. The van der Waals surface area contributed by atoms with Gasteiger partial charge >= 0.3 is 6.61 Å². The molecule has 1 amide bonds. The first-order valence-corrected chi connectivity index (χ1v) is 10.4. The maximum atomic E-state index is 13.8. The van der Waals surface area contributed by atoms with Crippen molar-refractivity contribution in [2.45, 2.75) is 36.8 Å². The number of benzene rings is 2. The molecule has 2 aromatic carbocycles. The SMILES string of the molecule is O=C(NS(=O)(=O)c1ccc(F)cc1Cc1cc(F)cc(OC(F)F)c1)[C@@H]1CCCN1. The zero-order chi connectivity index (χ0) is 21.9. The molecule has 1 atom stereocenters. The topological polar surface area (TPSA) is 84.5 Å². The van der Waals surface area contributed by atoms with E-state index < -0.39 is 46.0 Å². The number of alkyl halides is 2. The first kappa shape index (κ1) is 22.0. The van der Waals surface area contributed by atoms with E-state index in [-0.39, 0.29) is 22.4 Å². The molecular formula is C19H18F4N2O4S. The normalized spacial score (nSPS) is 16.6. The van der Waals surface area contributed by atoms with E-state index in [1.807, 2.05) is 4.72 Å². The van der Waals surface area contributed by atoms with Gasteiger partial charge in [0.2, 0.25) is 0 Å². The summed E-state index contributed by atoms with van der Waals surface area (Å²) in [6, 6.07) is 4.99. The van der Waals surface area contributed by atoms with Gasteiger partial charge in [-0.25, -0.2) is 21.9 Å². The molecular weight excluding hydrogens is 428 g/mol. The molecule has 1 aliphatic rings. The Morgan fingerprint density at radius 2 is 1.93 bits per heavy atom. The highest BCUT2D eigenvalue weighted by Gasteiger charge is 2.28. The van der Waals surface area contributed by atoms with Crippen molar-refractivity contribution in [2.75, 3.05) is 6.54 Å². The lowest BCUT2D eigenvalue weighted by Crippen LogP contribution is -2.43. The summed E-state index contributed by atoms with van der Waals surface area (Å²) in [7, 11) is -4.35. The van der Waals surface area contributed by atoms with Crippen molar-refractivity contribution < 1.29 is 35.5 Å². The highest BCUT2D eigenvalue weighted by molar-refractivity contribution is 7.90. The van der Waals surface area contributed by atoms with Crippen LogP contribution in [-0.4, -0.2) is 33.5 Å². The summed E-state index contributed by atoms with van der Waals surface area (Å²) >= 11 is 0. The van der Waals surface area contributed by atoms with Crippen molar-refractivity contribution >= 4 is 15.9 Å². The van der Waals surface area contributed by atoms with Crippen LogP contribution in [0.5, 0.6) is 5.75 Å². The molecule has 0 aliphatic carbocycles. The van der Waals surface area contributed by atoms with Crippen molar-refractivity contribution in [3.8, 4) is 5.75 Å². The molecule has 0 spiro atoms. The minimum Gasteiger partial charge on any atom is -0.435 e. The van der Waals surface area contributed by atoms with Crippen LogP contribution < -0.4 is 14.8 Å². The molecule has 0 unspecified atom stereocenters. The van der Waals surface area contributed by atoms with Crippen LogP contribution in [0.1, 0.15) is 24.0 Å². The summed E-state index contributed by atoms with van der Waals surface area (Å²) in [6.45, 7) is -2.59. The number of halogens is 4. The van der Waals surface area contributed by atoms with E-state index in [0.717, 1.165) is 42.8 Å². The first-order chi connectivity index (χ1) is 14.1. The Morgan fingerprint density at radius 3 is 2.60 bits per heavy atom. The van der Waals surface area contributed by atoms with Gasteiger partial charge in [-0.3, -0.25) is 4.79 Å². The molecule has 1 saturated heterocycles. The van der Waals surface area contributed by atoms with Gasteiger partial charge in [0.1, 0.15) is 17.4 Å². The van der Waals surface area contributed by atoms with Crippen LogP contribution in [0.25, 0.3) is 0 Å². The second-order valence-corrected chi connectivity index (χ2v) is 8.37. The highest BCUT2D eigenvalue weighted by atomic mass is 32.2. The monoisotopic (exact) mass is 446 g/mol. The minimum absolute atomic E-state index is 0.0801. The molecule has 6 nitrogen and oxygen atoms in total. The van der Waals surface area contributed by atoms with Crippen LogP contribution in [0.3, 0.4) is 0 Å². The highest BCUT2D eigenvalue weighted by Crippen LogP contribution is 2.25. The Hall–Kier alpha value is -2.66. The van der Waals surface area contributed by atoms with Gasteiger partial charge in [-0.05, 0) is 67.3 Å². The predicted octanol–water partition coefficient (Wildman–Crippen LogP) is 2.71. The van der Waals surface area contributed by atoms with E-state index >= 15 is 0 Å². The third kappa shape index (κ3) is 5.48. The maximum Gasteiger partial charge on any atom is 0.387 e. The van der Waals surface area contributed by atoms with Gasteiger partial charge < -0.3 is 10.1 Å². The largest absolute Gasteiger partial charge is 0.435 e. The van der Waals surface area contributed by atoms with Gasteiger partial charge in [0, 0.05) is 6.07 Å². The predicted molar refractivity (Wildman–Crippen MR) is 98.6 cm³/mol. The Balaban J connectivity index is 1.90. The van der Waals surface area contributed by atoms with Crippen molar-refractivity contribution in [3.05, 3.63) is 59.2 Å². The summed E-state index contributed by atoms with van der Waals surface area (Å²) in [5, 5.41) is 2.87. The van der Waals surface area contributed by atoms with Crippen molar-refractivity contribution in [1.82, 2.24) is 10.0 Å². The Morgan fingerprint density at radius 1 is 1.17 bits per heavy atom. The molecule has 1 fully saturated rings. The number of carbonyl (C=O) groups is 1. The number of amides is 1. The lowest BCUT2D eigenvalue weighted by atomic mass is 10.0. The van der Waals surface area contributed by atoms with Gasteiger partial charge in [0.05, 0.1) is 10.9 Å². The average Bonchev–Trinajstić information content (AvgIpc) is 3.14. The van der Waals surface area contributed by atoms with Crippen LogP contribution in [0.4, 0.5) is 17.6 Å². The molecule has 2 N–H and O–H groups in total. The van der Waals surface area contributed by atoms with Crippen molar-refractivity contribution in [1.29, 1.82) is 0 Å². The Kier molecular flexibility index (Phi) is 6.61. The molecule has 0 radical (unpaired) electrons. The first-order valence-electron chi connectivity index (χ1n) is 8.97. The fraction of sp³-hybridized carbons (Fsp3) is 0.316. The van der Waals surface area contributed by atoms with Crippen molar-refractivity contribution in [2.24, 2.45) is 0 Å². The maximum absolute atomic E-state index is 13.8. The van der Waals surface area contributed by atoms with Gasteiger partial charge in [0.25, 0.3) is 15.9 Å². The molecule has 3 rings (SSSR count). The van der Waals surface area contributed by atoms with Crippen LogP contribution in [0.2, 0.25) is 0 Å². The fourth-order valence-corrected chi connectivity index (χ4v) is 4.47. The van der Waals surface area contributed by atoms with E-state index in [0.29, 0.717) is 13.0 Å². The summed E-state index contributed by atoms with van der Waals surface area (Å²) in [6.07, 6.45) is 0.900. The third-order valence-corrected chi connectivity index (χ3v) is 5.92. The molecule has 162 valence electrons. The third-order valence-electron chi connectivity index (χ3n) is 4.47. The number of rotatable bonds is 7. The number of hydrogen-bond donors (Lipinski definition) is 2. The van der Waals surface area contributed by atoms with Gasteiger partial charge in [-0.2, -0.15) is 8.78 Å². The van der Waals surface area contributed by atoms with E-state index in [4.69, 9.17) is 0 Å². The van der Waals surface area contributed by atoms with E-state index in [9.17, 15) is 30.8 Å². The number of nitrogens with one attached hydrogen (secondary N) is 2. The summed E-state index contributed by atoms with van der Waals surface area (Å²) in [5.41, 5.74) is -0.000218. The molecule has 1 aliphatic heterocycles. The van der Waals surface area contributed by atoms with Gasteiger partial charge in [-0.15, -0.1) is 0 Å². The van der Waals surface area contributed by atoms with E-state index in [2.05, 4.69) is 10.1 Å². The summed E-state index contributed by atoms with van der Waals surface area (Å²) < 4.78 is 84.0. The second-order valence-electron chi connectivity index (χ2n) is 6.72. The summed E-state index contributed by atoms with van der Waals surface area (Å²) in [4.78, 5) is 11.8. The molecule has 1 heterocycles. The van der Waals surface area contributed by atoms with Crippen LogP contribution in [0.15, 0.2) is 41.3 Å². The lowest BCUT2D eigenvalue weighted by molar-refractivity contribution is -0.121. The van der Waals surface area contributed by atoms with Gasteiger partial charge in [0.15, 0.2) is 0 Å². The molecule has 2 aromatic rings. The molecule has 0 aromatic heterocycles. The number of sulfonamides is 1. The standard InChI is InChI=1S/C19H18F4N2O4S/c20-13-3-4-17(30(27,28)25-18(26)16-2-1-5-24-16)12(9-13)6-11-7-14(21)10-15(8-11)29-19(22)23/h3-4,7-10,16,19,24H,1-2,5-6H2,(H,25,26)/t16-/m0/s1. The zero-order valence-corrected chi connectivity index (χ0v) is 16.3. The smallest absolute Gasteiger partial charge is 0.387 e. The number of carbonyl (C=O) groups excluding carboxylic acids is 1. The zero-order valence-electron chi connectivity index (χ0n) is 15.5. The van der Waals surface area contributed by atoms with E-state index in [1.54, 1.807) is 0 Å². The quantitative estimate of drug-likeness (QED) is 0.639. The number of ether oxygens (including phenoxy) is 1. The second kappa shape index (κ2) is 9.00. The molecule has 11 heteroatoms. The average molecular weight is 446 g/mol. The number of hydrogen-bond acceptors (Lipinski definition) is 5. The molecule has 0 saturated carbocycles. The van der Waals surface area contributed by atoms with Gasteiger partial charge in [-0.1, -0.05) is 0 Å². The Bertz CT molecular complexity index is 1040. The fourth-order valence-electron chi connectivity index (χ4n) is 3.23.